The lowest BCUT2D eigenvalue weighted by atomic mass is 9.78. The van der Waals surface area contributed by atoms with E-state index in [4.69, 9.17) is 4.98 Å². The molecule has 6 rings (SSSR count). The number of benzene rings is 2. The summed E-state index contributed by atoms with van der Waals surface area (Å²) in [5, 5.41) is 3.50. The number of ketones is 1. The first kappa shape index (κ1) is 17.2. The minimum atomic E-state index is -0.269. The highest BCUT2D eigenvalue weighted by Crippen LogP contribution is 2.45. The van der Waals surface area contributed by atoms with Gasteiger partial charge in [0.05, 0.1) is 16.7 Å². The van der Waals surface area contributed by atoms with Gasteiger partial charge in [-0.1, -0.05) is 48.5 Å². The Morgan fingerprint density at radius 2 is 1.70 bits per heavy atom. The van der Waals surface area contributed by atoms with E-state index in [2.05, 4.69) is 33.1 Å². The van der Waals surface area contributed by atoms with E-state index in [1.54, 1.807) is 6.20 Å². The van der Waals surface area contributed by atoms with Crippen LogP contribution in [0, 0.1) is 0 Å². The fourth-order valence-corrected chi connectivity index (χ4v) is 4.80. The number of carbonyl (C=O) groups excluding carboxylic acids is 1. The summed E-state index contributed by atoms with van der Waals surface area (Å²) in [7, 11) is 0. The van der Waals surface area contributed by atoms with E-state index in [-0.39, 0.29) is 17.7 Å². The van der Waals surface area contributed by atoms with Crippen molar-refractivity contribution in [3.63, 3.8) is 0 Å². The summed E-state index contributed by atoms with van der Waals surface area (Å²) in [6.45, 7) is 0. The number of pyridine rings is 1. The second kappa shape index (κ2) is 6.66. The number of allylic oxidation sites excluding steroid dienone is 2. The molecular weight excluding hydrogens is 372 g/mol. The van der Waals surface area contributed by atoms with Crippen LogP contribution in [0.2, 0.25) is 0 Å². The summed E-state index contributed by atoms with van der Waals surface area (Å²) in [5.74, 6) is 1.12. The van der Waals surface area contributed by atoms with Gasteiger partial charge in [-0.15, -0.1) is 0 Å². The molecule has 2 aromatic carbocycles. The maximum Gasteiger partial charge on any atom is 0.209 e. The largest absolute Gasteiger partial charge is 0.329 e. The Bertz CT molecular complexity index is 1290. The van der Waals surface area contributed by atoms with Gasteiger partial charge in [-0.3, -0.25) is 14.3 Å². The Labute approximate surface area is 174 Å². The number of Topliss-reactive ketones (excluding diaryl/α,β-unsaturated/α-hetero) is 1. The van der Waals surface area contributed by atoms with Crippen molar-refractivity contribution in [1.82, 2.24) is 14.5 Å². The predicted molar refractivity (Wildman–Crippen MR) is 116 cm³/mol. The molecule has 2 unspecified atom stereocenters. The first-order chi connectivity index (χ1) is 14.8. The number of anilines is 1. The number of para-hydroxylation sites is 2. The molecule has 1 aliphatic carbocycles. The number of aromatic nitrogens is 3. The number of fused-ring (bicyclic) bond motifs is 3. The van der Waals surface area contributed by atoms with E-state index in [1.807, 2.05) is 54.6 Å². The Hall–Kier alpha value is -3.73. The fraction of sp³-hybridized carbons (Fsp3) is 0.160. The molecule has 0 spiro atoms. The lowest BCUT2D eigenvalue weighted by Crippen LogP contribution is -2.33. The quantitative estimate of drug-likeness (QED) is 0.530. The van der Waals surface area contributed by atoms with Crippen molar-refractivity contribution >= 4 is 22.8 Å². The number of nitrogens with zero attached hydrogens (tertiary/aromatic N) is 3. The van der Waals surface area contributed by atoms with Gasteiger partial charge in [0.2, 0.25) is 5.95 Å². The van der Waals surface area contributed by atoms with Crippen molar-refractivity contribution in [3.05, 3.63) is 102 Å². The van der Waals surface area contributed by atoms with Gasteiger partial charge in [0.25, 0.3) is 0 Å². The third-order valence-electron chi connectivity index (χ3n) is 6.14. The molecule has 30 heavy (non-hydrogen) atoms. The SMILES string of the molecule is O=C1CC(c2ccccc2)CC2=C1C(c1ccccn1)n1c(nc3ccccc31)N2. The molecule has 0 amide bonds. The number of nitrogens with one attached hydrogen (secondary N) is 1. The average Bonchev–Trinajstić information content (AvgIpc) is 3.17. The summed E-state index contributed by atoms with van der Waals surface area (Å²) < 4.78 is 2.12. The van der Waals surface area contributed by atoms with Crippen molar-refractivity contribution in [2.75, 3.05) is 5.32 Å². The summed E-state index contributed by atoms with van der Waals surface area (Å²) >= 11 is 0. The van der Waals surface area contributed by atoms with E-state index >= 15 is 0 Å². The molecule has 4 aromatic rings. The van der Waals surface area contributed by atoms with Crippen LogP contribution in [0.3, 0.4) is 0 Å². The Balaban J connectivity index is 1.54. The molecule has 3 heterocycles. The first-order valence-corrected chi connectivity index (χ1v) is 10.3. The van der Waals surface area contributed by atoms with Crippen LogP contribution in [0.5, 0.6) is 0 Å². The average molecular weight is 392 g/mol. The standard InChI is InChI=1S/C25H20N4O/c30-22-15-17(16-8-2-1-3-9-16)14-20-23(22)24(19-11-6-7-13-26-19)29-21-12-5-4-10-18(21)27-25(29)28-20/h1-13,17,24H,14-15H2,(H,27,28). The zero-order chi connectivity index (χ0) is 20.1. The van der Waals surface area contributed by atoms with Gasteiger partial charge < -0.3 is 5.32 Å². The second-order valence-corrected chi connectivity index (χ2v) is 7.91. The molecule has 5 heteroatoms. The van der Waals surface area contributed by atoms with E-state index in [1.165, 1.54) is 5.56 Å². The van der Waals surface area contributed by atoms with Gasteiger partial charge in [0, 0.05) is 23.9 Å². The molecule has 1 aliphatic heterocycles. The number of carbonyl (C=O) groups is 1. The zero-order valence-corrected chi connectivity index (χ0v) is 16.3. The Morgan fingerprint density at radius 1 is 0.900 bits per heavy atom. The van der Waals surface area contributed by atoms with Gasteiger partial charge in [-0.2, -0.15) is 0 Å². The Morgan fingerprint density at radius 3 is 2.53 bits per heavy atom. The third-order valence-corrected chi connectivity index (χ3v) is 6.14. The van der Waals surface area contributed by atoms with Crippen molar-refractivity contribution < 1.29 is 4.79 Å². The number of rotatable bonds is 2. The van der Waals surface area contributed by atoms with Crippen LogP contribution in [-0.2, 0) is 4.79 Å². The monoisotopic (exact) mass is 392 g/mol. The second-order valence-electron chi connectivity index (χ2n) is 7.91. The molecule has 2 aliphatic rings. The summed E-state index contributed by atoms with van der Waals surface area (Å²) in [6, 6.07) is 24.0. The maximum absolute atomic E-state index is 13.5. The number of hydrogen-bond acceptors (Lipinski definition) is 4. The van der Waals surface area contributed by atoms with Crippen molar-refractivity contribution in [1.29, 1.82) is 0 Å². The number of imidazole rings is 1. The highest BCUT2D eigenvalue weighted by molar-refractivity contribution is 6.01. The molecule has 2 aromatic heterocycles. The van der Waals surface area contributed by atoms with Gasteiger partial charge in [0.1, 0.15) is 6.04 Å². The fourth-order valence-electron chi connectivity index (χ4n) is 4.80. The molecular formula is C25H20N4O. The minimum absolute atomic E-state index is 0.172. The molecule has 0 saturated heterocycles. The minimum Gasteiger partial charge on any atom is -0.329 e. The van der Waals surface area contributed by atoms with Crippen LogP contribution < -0.4 is 5.32 Å². The maximum atomic E-state index is 13.5. The molecule has 0 fully saturated rings. The predicted octanol–water partition coefficient (Wildman–Crippen LogP) is 4.85. The smallest absolute Gasteiger partial charge is 0.209 e. The van der Waals surface area contributed by atoms with Gasteiger partial charge >= 0.3 is 0 Å². The van der Waals surface area contributed by atoms with Gasteiger partial charge in [0.15, 0.2) is 5.78 Å². The Kier molecular flexibility index (Phi) is 3.81. The van der Waals surface area contributed by atoms with Crippen LogP contribution in [0.4, 0.5) is 5.95 Å². The molecule has 0 saturated carbocycles. The molecule has 5 nitrogen and oxygen atoms in total. The summed E-state index contributed by atoms with van der Waals surface area (Å²) in [6.07, 6.45) is 3.09. The molecule has 146 valence electrons. The van der Waals surface area contributed by atoms with Crippen LogP contribution in [0.1, 0.15) is 36.1 Å². The molecule has 0 bridgehead atoms. The van der Waals surface area contributed by atoms with Crippen LogP contribution in [-0.4, -0.2) is 20.3 Å². The summed E-state index contributed by atoms with van der Waals surface area (Å²) in [4.78, 5) is 23.0. The summed E-state index contributed by atoms with van der Waals surface area (Å²) in [5.41, 5.74) is 5.76. The first-order valence-electron chi connectivity index (χ1n) is 10.3. The van der Waals surface area contributed by atoms with Crippen molar-refractivity contribution in [2.24, 2.45) is 0 Å². The van der Waals surface area contributed by atoms with E-state index in [9.17, 15) is 4.79 Å². The van der Waals surface area contributed by atoms with E-state index in [0.29, 0.717) is 6.42 Å². The van der Waals surface area contributed by atoms with Gasteiger partial charge in [-0.05, 0) is 42.2 Å². The van der Waals surface area contributed by atoms with Gasteiger partial charge in [-0.25, -0.2) is 4.98 Å². The molecule has 0 radical (unpaired) electrons. The zero-order valence-electron chi connectivity index (χ0n) is 16.3. The topological polar surface area (TPSA) is 59.8 Å². The lowest BCUT2D eigenvalue weighted by molar-refractivity contribution is -0.116. The van der Waals surface area contributed by atoms with E-state index < -0.39 is 0 Å². The highest BCUT2D eigenvalue weighted by atomic mass is 16.1. The highest BCUT2D eigenvalue weighted by Gasteiger charge is 2.40. The molecule has 2 atom stereocenters. The van der Waals surface area contributed by atoms with Crippen LogP contribution in [0.15, 0.2) is 90.3 Å². The van der Waals surface area contributed by atoms with Crippen LogP contribution >= 0.6 is 0 Å². The lowest BCUT2D eigenvalue weighted by Gasteiger charge is -2.36. The van der Waals surface area contributed by atoms with Crippen molar-refractivity contribution in [2.45, 2.75) is 24.8 Å². The van der Waals surface area contributed by atoms with Crippen molar-refractivity contribution in [3.8, 4) is 0 Å². The normalized spacial score (nSPS) is 20.6. The van der Waals surface area contributed by atoms with Crippen LogP contribution in [0.25, 0.3) is 11.0 Å². The molecule has 1 N–H and O–H groups in total. The third kappa shape index (κ3) is 2.59. The van der Waals surface area contributed by atoms with E-state index in [0.717, 1.165) is 40.4 Å². The number of hydrogen-bond donors (Lipinski definition) is 1.